The molecule has 0 saturated carbocycles. The van der Waals surface area contributed by atoms with Gasteiger partial charge in [-0.05, 0) is 49.1 Å². The van der Waals surface area contributed by atoms with Crippen LogP contribution in [0.1, 0.15) is 12.5 Å². The summed E-state index contributed by atoms with van der Waals surface area (Å²) < 4.78 is 2.92. The average Bonchev–Trinajstić information content (AvgIpc) is 3.36. The molecule has 2 aromatic heterocycles. The second-order valence-electron chi connectivity index (χ2n) is 6.10. The van der Waals surface area contributed by atoms with Gasteiger partial charge in [-0.2, -0.15) is 0 Å². The van der Waals surface area contributed by atoms with Crippen molar-refractivity contribution in [1.82, 2.24) is 20.1 Å². The summed E-state index contributed by atoms with van der Waals surface area (Å²) in [7, 11) is 0. The van der Waals surface area contributed by atoms with E-state index in [4.69, 9.17) is 0 Å². The Balaban J connectivity index is 1.49. The van der Waals surface area contributed by atoms with Gasteiger partial charge in [0.1, 0.15) is 0 Å². The average molecular weight is 494 g/mol. The Morgan fingerprint density at radius 3 is 2.76 bits per heavy atom. The van der Waals surface area contributed by atoms with E-state index in [0.717, 1.165) is 26.4 Å². The van der Waals surface area contributed by atoms with Crippen molar-refractivity contribution >= 4 is 56.5 Å². The lowest BCUT2D eigenvalue weighted by atomic mass is 10.2. The Kier molecular flexibility index (Phi) is 7.45. The van der Waals surface area contributed by atoms with Crippen molar-refractivity contribution in [1.29, 1.82) is 0 Å². The molecule has 3 rings (SSSR count). The van der Waals surface area contributed by atoms with Gasteiger partial charge in [0.15, 0.2) is 11.0 Å². The van der Waals surface area contributed by atoms with Gasteiger partial charge in [-0.15, -0.1) is 21.5 Å². The highest BCUT2D eigenvalue weighted by atomic mass is 79.9. The van der Waals surface area contributed by atoms with Gasteiger partial charge in [0.2, 0.25) is 11.8 Å². The number of hydrogen-bond acceptors (Lipinski definition) is 6. The van der Waals surface area contributed by atoms with Crippen molar-refractivity contribution in [3.63, 3.8) is 0 Å². The maximum Gasteiger partial charge on any atom is 0.243 e. The summed E-state index contributed by atoms with van der Waals surface area (Å²) >= 11 is 6.29. The quantitative estimate of drug-likeness (QED) is 0.463. The van der Waals surface area contributed by atoms with Crippen LogP contribution in [-0.4, -0.2) is 38.9 Å². The number of carbonyl (C=O) groups excluding carboxylic acids is 2. The van der Waals surface area contributed by atoms with E-state index in [-0.39, 0.29) is 24.1 Å². The maximum atomic E-state index is 12.1. The third-order valence-electron chi connectivity index (χ3n) is 4.02. The lowest BCUT2D eigenvalue weighted by Crippen LogP contribution is -2.34. The Morgan fingerprint density at radius 2 is 2.07 bits per heavy atom. The SMILES string of the molecule is CCn1c(SCC(=O)NCC(=O)Nc2ccc(Br)cc2C)nnc1-c1cccs1. The summed E-state index contributed by atoms with van der Waals surface area (Å²) in [5.41, 5.74) is 1.66. The van der Waals surface area contributed by atoms with Gasteiger partial charge in [-0.1, -0.05) is 33.8 Å². The fourth-order valence-electron chi connectivity index (χ4n) is 2.59. The van der Waals surface area contributed by atoms with Gasteiger partial charge in [0, 0.05) is 16.7 Å². The predicted octanol–water partition coefficient (Wildman–Crippen LogP) is 3.94. The highest BCUT2D eigenvalue weighted by Crippen LogP contribution is 2.27. The van der Waals surface area contributed by atoms with E-state index >= 15 is 0 Å². The first-order valence-electron chi connectivity index (χ1n) is 8.90. The first kappa shape index (κ1) is 21.5. The molecule has 0 aliphatic carbocycles. The predicted molar refractivity (Wildman–Crippen MR) is 120 cm³/mol. The Morgan fingerprint density at radius 1 is 1.24 bits per heavy atom. The van der Waals surface area contributed by atoms with E-state index in [2.05, 4.69) is 36.8 Å². The van der Waals surface area contributed by atoms with Gasteiger partial charge < -0.3 is 15.2 Å². The summed E-state index contributed by atoms with van der Waals surface area (Å²) in [6.45, 7) is 4.54. The Labute approximate surface area is 185 Å². The van der Waals surface area contributed by atoms with E-state index in [9.17, 15) is 9.59 Å². The van der Waals surface area contributed by atoms with Crippen molar-refractivity contribution < 1.29 is 9.59 Å². The van der Waals surface area contributed by atoms with Crippen LogP contribution in [0.2, 0.25) is 0 Å². The summed E-state index contributed by atoms with van der Waals surface area (Å²) in [6.07, 6.45) is 0. The van der Waals surface area contributed by atoms with Gasteiger partial charge in [0.25, 0.3) is 0 Å². The number of thiophene rings is 1. The zero-order chi connectivity index (χ0) is 20.8. The number of halogens is 1. The molecule has 0 aliphatic heterocycles. The Bertz CT molecular complexity index is 1000. The van der Waals surface area contributed by atoms with Crippen LogP contribution in [0, 0.1) is 6.92 Å². The molecule has 0 fully saturated rings. The molecule has 2 N–H and O–H groups in total. The molecule has 29 heavy (non-hydrogen) atoms. The molecule has 0 atom stereocenters. The molecule has 2 amide bonds. The molecule has 3 aromatic rings. The first-order valence-corrected chi connectivity index (χ1v) is 11.6. The van der Waals surface area contributed by atoms with Crippen LogP contribution in [0.25, 0.3) is 10.7 Å². The molecule has 152 valence electrons. The number of anilines is 1. The van der Waals surface area contributed by atoms with Crippen LogP contribution in [0.4, 0.5) is 5.69 Å². The van der Waals surface area contributed by atoms with Crippen molar-refractivity contribution in [2.75, 3.05) is 17.6 Å². The minimum absolute atomic E-state index is 0.0875. The molecule has 7 nitrogen and oxygen atoms in total. The minimum atomic E-state index is -0.273. The maximum absolute atomic E-state index is 12.1. The zero-order valence-corrected chi connectivity index (χ0v) is 19.2. The minimum Gasteiger partial charge on any atom is -0.346 e. The summed E-state index contributed by atoms with van der Waals surface area (Å²) in [5, 5.41) is 16.6. The molecule has 0 spiro atoms. The monoisotopic (exact) mass is 493 g/mol. The third-order valence-corrected chi connectivity index (χ3v) is 6.34. The number of benzene rings is 1. The number of nitrogens with one attached hydrogen (secondary N) is 2. The second kappa shape index (κ2) is 10.0. The largest absolute Gasteiger partial charge is 0.346 e. The van der Waals surface area contributed by atoms with E-state index in [0.29, 0.717) is 11.7 Å². The normalized spacial score (nSPS) is 10.7. The number of aryl methyl sites for hydroxylation is 1. The molecule has 10 heteroatoms. The molecular weight excluding hydrogens is 474 g/mol. The van der Waals surface area contributed by atoms with E-state index in [1.165, 1.54) is 11.8 Å². The first-order chi connectivity index (χ1) is 14.0. The van der Waals surface area contributed by atoms with Gasteiger partial charge in [0.05, 0.1) is 17.2 Å². The molecule has 0 saturated heterocycles. The number of carbonyl (C=O) groups is 2. The number of rotatable bonds is 8. The van der Waals surface area contributed by atoms with Gasteiger partial charge in [-0.25, -0.2) is 0 Å². The third kappa shape index (κ3) is 5.68. The number of hydrogen-bond donors (Lipinski definition) is 2. The number of nitrogens with zero attached hydrogens (tertiary/aromatic N) is 3. The van der Waals surface area contributed by atoms with E-state index in [1.807, 2.05) is 54.1 Å². The Hall–Kier alpha value is -2.17. The highest BCUT2D eigenvalue weighted by Gasteiger charge is 2.15. The number of amides is 2. The van der Waals surface area contributed by atoms with Crippen molar-refractivity contribution in [3.05, 3.63) is 45.7 Å². The lowest BCUT2D eigenvalue weighted by Gasteiger charge is -2.10. The van der Waals surface area contributed by atoms with Crippen LogP contribution in [0.5, 0.6) is 0 Å². The zero-order valence-electron chi connectivity index (χ0n) is 15.9. The number of aromatic nitrogens is 3. The summed E-state index contributed by atoms with van der Waals surface area (Å²) in [4.78, 5) is 25.3. The van der Waals surface area contributed by atoms with Gasteiger partial charge >= 0.3 is 0 Å². The van der Waals surface area contributed by atoms with Crippen LogP contribution in [0.15, 0.2) is 45.3 Å². The van der Waals surface area contributed by atoms with Crippen molar-refractivity contribution in [3.8, 4) is 10.7 Å². The molecule has 2 heterocycles. The molecule has 1 aromatic carbocycles. The smallest absolute Gasteiger partial charge is 0.243 e. The van der Waals surface area contributed by atoms with E-state index in [1.54, 1.807) is 11.3 Å². The molecular formula is C19H20BrN5O2S2. The molecule has 0 aliphatic rings. The van der Waals surface area contributed by atoms with Crippen molar-refractivity contribution in [2.45, 2.75) is 25.5 Å². The fourth-order valence-corrected chi connectivity index (χ4v) is 4.62. The van der Waals surface area contributed by atoms with Crippen LogP contribution in [-0.2, 0) is 16.1 Å². The second-order valence-corrected chi connectivity index (χ2v) is 8.91. The van der Waals surface area contributed by atoms with Gasteiger partial charge in [-0.3, -0.25) is 9.59 Å². The summed E-state index contributed by atoms with van der Waals surface area (Å²) in [6, 6.07) is 9.55. The lowest BCUT2D eigenvalue weighted by molar-refractivity contribution is -0.122. The van der Waals surface area contributed by atoms with Crippen molar-refractivity contribution in [2.24, 2.45) is 0 Å². The molecule has 0 unspecified atom stereocenters. The topological polar surface area (TPSA) is 88.9 Å². The standard InChI is InChI=1S/C19H20BrN5O2S2/c1-3-25-18(15-5-4-8-28-15)23-24-19(25)29-11-17(27)21-10-16(26)22-14-7-6-13(20)9-12(14)2/h4-9H,3,10-11H2,1-2H3,(H,21,27)(H,22,26). The van der Waals surface area contributed by atoms with Crippen LogP contribution < -0.4 is 10.6 Å². The molecule has 0 bridgehead atoms. The van der Waals surface area contributed by atoms with Crippen LogP contribution >= 0.6 is 39.0 Å². The number of thioether (sulfide) groups is 1. The van der Waals surface area contributed by atoms with E-state index < -0.39 is 0 Å². The van der Waals surface area contributed by atoms with Crippen LogP contribution in [0.3, 0.4) is 0 Å². The fraction of sp³-hybridized carbons (Fsp3) is 0.263. The highest BCUT2D eigenvalue weighted by molar-refractivity contribution is 9.10. The summed E-state index contributed by atoms with van der Waals surface area (Å²) in [5.74, 6) is 0.453. The molecule has 0 radical (unpaired) electrons.